The standard InChI is InChI=1S/C10H11N4O4Se/c15-1-4-6(16)7(17)10(18-4)14-3-13-5-8(14)11-2-12-9(5)19/h2-4,6-7,10,15-17H,1H2/t4-,6?,7?,10-/m1/s1. The molecule has 2 aromatic rings. The topological polar surface area (TPSA) is 114 Å². The van der Waals surface area contributed by atoms with Gasteiger partial charge in [-0.15, -0.1) is 0 Å². The third kappa shape index (κ3) is 1.95. The second-order valence-electron chi connectivity index (χ2n) is 4.23. The monoisotopic (exact) mass is 331 g/mol. The summed E-state index contributed by atoms with van der Waals surface area (Å²) in [7, 11) is 0. The molecule has 3 heterocycles. The molecule has 3 rings (SSSR count). The van der Waals surface area contributed by atoms with Gasteiger partial charge in [-0.1, -0.05) is 0 Å². The fourth-order valence-corrected chi connectivity index (χ4v) is 2.53. The fraction of sp³-hybridized carbons (Fsp3) is 0.500. The van der Waals surface area contributed by atoms with Gasteiger partial charge in [-0.25, -0.2) is 0 Å². The molecule has 2 aromatic heterocycles. The van der Waals surface area contributed by atoms with Crippen LogP contribution in [0.3, 0.4) is 0 Å². The molecule has 1 aliphatic heterocycles. The van der Waals surface area contributed by atoms with Crippen molar-refractivity contribution in [3.8, 4) is 0 Å². The first-order chi connectivity index (χ1) is 9.13. The van der Waals surface area contributed by atoms with Crippen molar-refractivity contribution < 1.29 is 20.1 Å². The van der Waals surface area contributed by atoms with Crippen LogP contribution in [0.25, 0.3) is 11.2 Å². The number of fused-ring (bicyclic) bond motifs is 1. The number of hydrogen-bond acceptors (Lipinski definition) is 7. The number of rotatable bonds is 2. The normalized spacial score (nSPS) is 31.1. The molecule has 1 fully saturated rings. The molecular formula is C10H11N4O4Se. The summed E-state index contributed by atoms with van der Waals surface area (Å²) in [6, 6.07) is 0. The van der Waals surface area contributed by atoms with Crippen LogP contribution in [-0.4, -0.2) is 75.8 Å². The number of ether oxygens (including phenoxy) is 1. The van der Waals surface area contributed by atoms with Gasteiger partial charge in [0.15, 0.2) is 0 Å². The zero-order chi connectivity index (χ0) is 13.6. The number of aliphatic hydroxyl groups excluding tert-OH is 3. The van der Waals surface area contributed by atoms with E-state index < -0.39 is 24.5 Å². The van der Waals surface area contributed by atoms with Crippen molar-refractivity contribution in [1.29, 1.82) is 0 Å². The molecule has 0 spiro atoms. The molecule has 1 aliphatic rings. The average Bonchev–Trinajstić information content (AvgIpc) is 2.94. The van der Waals surface area contributed by atoms with Gasteiger partial charge in [0, 0.05) is 0 Å². The van der Waals surface area contributed by atoms with Crippen molar-refractivity contribution in [1.82, 2.24) is 19.5 Å². The second-order valence-corrected chi connectivity index (χ2v) is 5.04. The van der Waals surface area contributed by atoms with E-state index in [2.05, 4.69) is 31.0 Å². The molecule has 3 N–H and O–H groups in total. The Balaban J connectivity index is 2.04. The third-order valence-electron chi connectivity index (χ3n) is 3.12. The second kappa shape index (κ2) is 4.78. The van der Waals surface area contributed by atoms with Crippen LogP contribution in [0.5, 0.6) is 0 Å². The molecule has 0 aromatic carbocycles. The van der Waals surface area contributed by atoms with Crippen LogP contribution >= 0.6 is 0 Å². The molecule has 0 saturated carbocycles. The van der Waals surface area contributed by atoms with Crippen molar-refractivity contribution in [3.63, 3.8) is 0 Å². The van der Waals surface area contributed by atoms with Crippen LogP contribution in [0.4, 0.5) is 0 Å². The van der Waals surface area contributed by atoms with Gasteiger partial charge in [-0.3, -0.25) is 0 Å². The maximum absolute atomic E-state index is 9.97. The zero-order valence-electron chi connectivity index (χ0n) is 9.62. The Morgan fingerprint density at radius 1 is 1.26 bits per heavy atom. The van der Waals surface area contributed by atoms with E-state index in [-0.39, 0.29) is 6.61 Å². The minimum atomic E-state index is -1.16. The van der Waals surface area contributed by atoms with Gasteiger partial charge in [0.25, 0.3) is 0 Å². The minimum absolute atomic E-state index is 0.372. The van der Waals surface area contributed by atoms with E-state index in [1.165, 1.54) is 17.2 Å². The summed E-state index contributed by atoms with van der Waals surface area (Å²) in [6.07, 6.45) is -1.15. The Hall–Kier alpha value is -1.09. The molecule has 0 amide bonds. The van der Waals surface area contributed by atoms with Crippen LogP contribution in [-0.2, 0) is 4.74 Å². The third-order valence-corrected chi connectivity index (χ3v) is 3.74. The quantitative estimate of drug-likeness (QED) is 0.511. The maximum atomic E-state index is 9.97. The SMILES string of the molecule is OC[C@H]1O[C@@H](n2cnc3c([Se])ncnc32)C(O)C1O. The van der Waals surface area contributed by atoms with Gasteiger partial charge in [0.1, 0.15) is 0 Å². The molecule has 0 bridgehead atoms. The van der Waals surface area contributed by atoms with Gasteiger partial charge < -0.3 is 0 Å². The predicted octanol–water partition coefficient (Wildman–Crippen LogP) is -2.77. The summed E-state index contributed by atoms with van der Waals surface area (Å²) < 4.78 is 7.54. The number of aliphatic hydroxyl groups is 3. The van der Waals surface area contributed by atoms with E-state index >= 15 is 0 Å². The Kier molecular flexibility index (Phi) is 3.25. The van der Waals surface area contributed by atoms with Gasteiger partial charge in [-0.2, -0.15) is 0 Å². The van der Waals surface area contributed by atoms with Gasteiger partial charge in [-0.05, 0) is 0 Å². The van der Waals surface area contributed by atoms with E-state index in [1.807, 2.05) is 0 Å². The summed E-state index contributed by atoms with van der Waals surface area (Å²) in [5, 5.41) is 28.8. The molecular weight excluding hydrogens is 319 g/mol. The first-order valence-corrected chi connectivity index (χ1v) is 6.46. The molecule has 19 heavy (non-hydrogen) atoms. The van der Waals surface area contributed by atoms with E-state index in [0.717, 1.165) is 0 Å². The first-order valence-electron chi connectivity index (χ1n) is 5.60. The molecule has 0 aliphatic carbocycles. The van der Waals surface area contributed by atoms with Crippen molar-refractivity contribution in [2.24, 2.45) is 0 Å². The molecule has 4 atom stereocenters. The van der Waals surface area contributed by atoms with Crippen LogP contribution in [0.15, 0.2) is 12.7 Å². The van der Waals surface area contributed by atoms with Gasteiger partial charge in [0.05, 0.1) is 0 Å². The summed E-state index contributed by atoms with van der Waals surface area (Å²) >= 11 is 2.77. The number of aromatic nitrogens is 4. The number of nitrogens with zero attached hydrogens (tertiary/aromatic N) is 4. The zero-order valence-corrected chi connectivity index (χ0v) is 11.3. The van der Waals surface area contributed by atoms with Crippen molar-refractivity contribution in [2.45, 2.75) is 24.5 Å². The average molecular weight is 330 g/mol. The number of imidazole rings is 1. The summed E-state index contributed by atoms with van der Waals surface area (Å²) in [4.78, 5) is 12.2. The van der Waals surface area contributed by atoms with Gasteiger partial charge in [0.2, 0.25) is 0 Å². The van der Waals surface area contributed by atoms with Crippen LogP contribution in [0, 0.1) is 0 Å². The van der Waals surface area contributed by atoms with E-state index in [1.54, 1.807) is 0 Å². The van der Waals surface area contributed by atoms with E-state index in [9.17, 15) is 10.2 Å². The van der Waals surface area contributed by atoms with Crippen molar-refractivity contribution in [3.05, 3.63) is 12.7 Å². The first kappa shape index (κ1) is 12.9. The Morgan fingerprint density at radius 3 is 2.74 bits per heavy atom. The molecule has 1 radical (unpaired) electrons. The molecule has 1 saturated heterocycles. The summed E-state index contributed by atoms with van der Waals surface area (Å²) in [5.74, 6) is 0. The van der Waals surface area contributed by atoms with Crippen LogP contribution < -0.4 is 4.59 Å². The van der Waals surface area contributed by atoms with E-state index in [0.29, 0.717) is 15.8 Å². The molecule has 8 nitrogen and oxygen atoms in total. The number of hydrogen-bond donors (Lipinski definition) is 3. The van der Waals surface area contributed by atoms with Crippen molar-refractivity contribution in [2.75, 3.05) is 6.61 Å². The molecule has 9 heteroatoms. The van der Waals surface area contributed by atoms with Crippen LogP contribution in [0.1, 0.15) is 6.23 Å². The van der Waals surface area contributed by atoms with E-state index in [4.69, 9.17) is 9.84 Å². The Bertz CT molecular complexity index is 606. The Morgan fingerprint density at radius 2 is 2.05 bits per heavy atom. The van der Waals surface area contributed by atoms with Gasteiger partial charge >= 0.3 is 115 Å². The molecule has 2 unspecified atom stereocenters. The summed E-state index contributed by atoms with van der Waals surface area (Å²) in [6.45, 7) is -0.372. The Labute approximate surface area is 115 Å². The summed E-state index contributed by atoms with van der Waals surface area (Å²) in [5.41, 5.74) is 1.04. The van der Waals surface area contributed by atoms with Crippen LogP contribution in [0.2, 0.25) is 0 Å². The predicted molar refractivity (Wildman–Crippen MR) is 63.7 cm³/mol. The fourth-order valence-electron chi connectivity index (χ4n) is 2.13. The molecule has 101 valence electrons. The van der Waals surface area contributed by atoms with Crippen molar-refractivity contribution >= 4 is 31.8 Å².